The van der Waals surface area contributed by atoms with Gasteiger partial charge in [0.25, 0.3) is 0 Å². The fourth-order valence-corrected chi connectivity index (χ4v) is 14.7. The maximum absolute atomic E-state index is 2.64. The molecular formula is C48H46Cl2S2Zr. The van der Waals surface area contributed by atoms with Crippen LogP contribution in [0.5, 0.6) is 0 Å². The summed E-state index contributed by atoms with van der Waals surface area (Å²) in [6, 6.07) is 42.4. The Bertz CT molecular complexity index is 2080. The zero-order valence-corrected chi connectivity index (χ0v) is 36.6. The number of halogens is 2. The van der Waals surface area contributed by atoms with Gasteiger partial charge in [0, 0.05) is 0 Å². The third-order valence-corrected chi connectivity index (χ3v) is 16.4. The summed E-state index contributed by atoms with van der Waals surface area (Å²) in [4.78, 5) is 5.78. The first-order chi connectivity index (χ1) is 25.0. The van der Waals surface area contributed by atoms with E-state index in [-0.39, 0.29) is 24.8 Å². The molecule has 0 radical (unpaired) electrons. The Labute approximate surface area is 348 Å². The van der Waals surface area contributed by atoms with Gasteiger partial charge in [-0.05, 0) is 0 Å². The number of allylic oxidation sites excluding steroid dienone is 2. The molecule has 0 aliphatic heterocycles. The number of aryl methyl sites for hydroxylation is 4. The Balaban J connectivity index is 0.00000240. The van der Waals surface area contributed by atoms with Crippen LogP contribution in [-0.2, 0) is 36.1 Å². The smallest absolute Gasteiger partial charge is 1.00 e. The van der Waals surface area contributed by atoms with E-state index >= 15 is 0 Å². The van der Waals surface area contributed by atoms with Crippen LogP contribution in [-0.4, -0.2) is 0 Å². The zero-order valence-electron chi connectivity index (χ0n) is 31.0. The average Bonchev–Trinajstić information content (AvgIpc) is 3.95. The van der Waals surface area contributed by atoms with Gasteiger partial charge >= 0.3 is 327 Å². The zero-order chi connectivity index (χ0) is 34.9. The van der Waals surface area contributed by atoms with Crippen LogP contribution in [0.3, 0.4) is 0 Å². The Hall–Kier alpha value is -2.78. The fraction of sp³-hybridized carbons (Fsp3) is 0.250. The van der Waals surface area contributed by atoms with E-state index < -0.39 is 23.2 Å². The molecule has 2 aliphatic carbocycles. The summed E-state index contributed by atoms with van der Waals surface area (Å²) in [6.45, 7) is 9.06. The molecule has 0 spiro atoms. The topological polar surface area (TPSA) is 0 Å². The number of hydrogen-bond donors (Lipinski definition) is 0. The molecule has 0 saturated heterocycles. The first-order valence-corrected chi connectivity index (χ1v) is 22.9. The maximum Gasteiger partial charge on any atom is -1.00 e. The second-order valence-electron chi connectivity index (χ2n) is 14.3. The van der Waals surface area contributed by atoms with E-state index in [1.54, 1.807) is 6.56 Å². The molecular weight excluding hydrogens is 803 g/mol. The molecule has 0 saturated carbocycles. The van der Waals surface area contributed by atoms with Crippen molar-refractivity contribution >= 4 is 34.8 Å². The van der Waals surface area contributed by atoms with Crippen molar-refractivity contribution in [1.29, 1.82) is 0 Å². The van der Waals surface area contributed by atoms with Crippen molar-refractivity contribution in [2.75, 3.05) is 0 Å². The minimum atomic E-state index is -1.21. The van der Waals surface area contributed by atoms with Crippen LogP contribution in [0.15, 0.2) is 116 Å². The molecule has 2 atom stereocenters. The van der Waals surface area contributed by atoms with Crippen LogP contribution >= 0.6 is 22.7 Å². The third kappa shape index (κ3) is 8.27. The van der Waals surface area contributed by atoms with Crippen LogP contribution in [0.25, 0.3) is 34.4 Å². The van der Waals surface area contributed by atoms with Crippen molar-refractivity contribution in [2.45, 2.75) is 78.1 Å². The second-order valence-corrected chi connectivity index (χ2v) is 20.4. The molecule has 0 amide bonds. The first kappa shape index (κ1) is 39.9. The minimum absolute atomic E-state index is 0. The first-order valence-electron chi connectivity index (χ1n) is 18.8. The summed E-state index contributed by atoms with van der Waals surface area (Å²) < 4.78 is 3.36. The monoisotopic (exact) mass is 846 g/mol. The van der Waals surface area contributed by atoms with Crippen molar-refractivity contribution in [3.8, 4) is 22.3 Å². The van der Waals surface area contributed by atoms with Crippen molar-refractivity contribution in [1.82, 2.24) is 0 Å². The Morgan fingerprint density at radius 2 is 0.925 bits per heavy atom. The molecule has 0 nitrogen and oxygen atoms in total. The van der Waals surface area contributed by atoms with Gasteiger partial charge in [0.15, 0.2) is 0 Å². The average molecular weight is 849 g/mol. The predicted molar refractivity (Wildman–Crippen MR) is 219 cm³/mol. The largest absolute Gasteiger partial charge is 1.00 e. The number of fused-ring (bicyclic) bond motifs is 2. The molecule has 2 aliphatic rings. The summed E-state index contributed by atoms with van der Waals surface area (Å²) in [5.74, 6) is 0.694. The van der Waals surface area contributed by atoms with E-state index in [0.29, 0.717) is 11.8 Å². The maximum atomic E-state index is 2.64. The number of hydrogen-bond acceptors (Lipinski definition) is 2. The van der Waals surface area contributed by atoms with E-state index in [2.05, 4.69) is 149 Å². The van der Waals surface area contributed by atoms with E-state index in [9.17, 15) is 0 Å². The Kier molecular flexibility index (Phi) is 13.4. The van der Waals surface area contributed by atoms with Crippen molar-refractivity contribution in [2.24, 2.45) is 0 Å². The number of thiophene rings is 2. The van der Waals surface area contributed by atoms with E-state index in [4.69, 9.17) is 0 Å². The van der Waals surface area contributed by atoms with Gasteiger partial charge in [-0.2, -0.15) is 0 Å². The van der Waals surface area contributed by atoms with E-state index in [1.807, 2.05) is 22.7 Å². The van der Waals surface area contributed by atoms with Gasteiger partial charge in [0.05, 0.1) is 0 Å². The summed E-state index contributed by atoms with van der Waals surface area (Å²) in [5.41, 5.74) is 14.2. The van der Waals surface area contributed by atoms with Gasteiger partial charge in [-0.1, -0.05) is 0 Å². The molecule has 2 unspecified atom stereocenters. The van der Waals surface area contributed by atoms with Gasteiger partial charge in [-0.15, -0.1) is 0 Å². The van der Waals surface area contributed by atoms with Gasteiger partial charge < -0.3 is 24.8 Å². The van der Waals surface area contributed by atoms with Gasteiger partial charge in [0.2, 0.25) is 0 Å². The molecule has 5 heteroatoms. The van der Waals surface area contributed by atoms with Crippen LogP contribution in [0.1, 0.15) is 104 Å². The molecule has 0 bridgehead atoms. The fourth-order valence-electron chi connectivity index (χ4n) is 7.99. The number of benzene rings is 4. The van der Waals surface area contributed by atoms with Crippen molar-refractivity contribution < 1.29 is 48.0 Å². The van der Waals surface area contributed by atoms with Crippen LogP contribution in [0, 0.1) is 13.8 Å². The summed E-state index contributed by atoms with van der Waals surface area (Å²) in [7, 11) is 0. The predicted octanol–water partition coefficient (Wildman–Crippen LogP) is 8.21. The molecule has 0 N–H and O–H groups in total. The van der Waals surface area contributed by atoms with Crippen LogP contribution in [0.2, 0.25) is 0 Å². The molecule has 268 valence electrons. The van der Waals surface area contributed by atoms with Crippen LogP contribution in [0.4, 0.5) is 0 Å². The Morgan fingerprint density at radius 3 is 1.28 bits per heavy atom. The molecule has 8 rings (SSSR count). The molecule has 4 aromatic carbocycles. The second kappa shape index (κ2) is 17.8. The van der Waals surface area contributed by atoms with Crippen LogP contribution < -0.4 is 24.8 Å². The molecule has 0 fully saturated rings. The summed E-state index contributed by atoms with van der Waals surface area (Å²) in [5, 5.41) is 0. The van der Waals surface area contributed by atoms with E-state index in [1.165, 1.54) is 101 Å². The van der Waals surface area contributed by atoms with E-state index in [0.717, 1.165) is 12.8 Å². The SMILES string of the molecule is CCCCc1ccc(-c2cccc3c2C=[C]([Zr+2][C]2=Cc4c(-c5ccc(CCCC)cc5)cccc4C2c2ccc(C)s2)C3c2ccc(C)s2)cc1.[Cl-].[Cl-]. The van der Waals surface area contributed by atoms with Crippen molar-refractivity contribution in [3.63, 3.8) is 0 Å². The molecule has 53 heavy (non-hydrogen) atoms. The Morgan fingerprint density at radius 1 is 0.509 bits per heavy atom. The third-order valence-electron chi connectivity index (χ3n) is 10.7. The normalized spacial score (nSPS) is 15.5. The van der Waals surface area contributed by atoms with Gasteiger partial charge in [0.1, 0.15) is 0 Å². The molecule has 2 heterocycles. The van der Waals surface area contributed by atoms with Crippen molar-refractivity contribution in [3.05, 3.63) is 169 Å². The summed E-state index contributed by atoms with van der Waals surface area (Å²) >= 11 is 2.75. The molecule has 2 aromatic heterocycles. The van der Waals surface area contributed by atoms with Gasteiger partial charge in [-0.3, -0.25) is 0 Å². The minimum Gasteiger partial charge on any atom is -1.00 e. The molecule has 6 aromatic rings. The van der Waals surface area contributed by atoms with Gasteiger partial charge in [-0.25, -0.2) is 0 Å². The standard InChI is InChI=1S/2C24H23S.2ClH.Zr/c2*1-3-4-6-18-10-12-19(13-11-18)20-7-5-8-21-22(20)14-15-23(21)24-16-9-17(2)25-24;;;/h2*5,7-14,16,23H,3-4,6H2,1-2H3;2*1H;/q;;;;+2/p-2. The number of unbranched alkanes of at least 4 members (excludes halogenated alkanes) is 2. The quantitative estimate of drug-likeness (QED) is 0.117. The number of rotatable bonds is 12. The summed E-state index contributed by atoms with van der Waals surface area (Å²) in [6.07, 6.45) is 12.6.